The van der Waals surface area contributed by atoms with Crippen LogP contribution in [0, 0.1) is 0 Å². The molecule has 0 unspecified atom stereocenters. The topological polar surface area (TPSA) is 79.3 Å². The largest absolute Gasteiger partial charge is 0.474 e. The lowest BCUT2D eigenvalue weighted by molar-refractivity contribution is -0.147. The van der Waals surface area contributed by atoms with Crippen molar-refractivity contribution in [3.63, 3.8) is 0 Å². The molecular formula is C7H5ClN2O3. The number of anilines is 1. The molecule has 0 aliphatic carbocycles. The van der Waals surface area contributed by atoms with Gasteiger partial charge in [-0.05, 0) is 12.1 Å². The van der Waals surface area contributed by atoms with Crippen LogP contribution in [0.1, 0.15) is 0 Å². The molecule has 0 saturated heterocycles. The number of carbonyl (C=O) groups is 2. The summed E-state index contributed by atoms with van der Waals surface area (Å²) in [6.45, 7) is 0. The van der Waals surface area contributed by atoms with Gasteiger partial charge in [-0.1, -0.05) is 11.6 Å². The Labute approximate surface area is 78.4 Å². The Hall–Kier alpha value is -1.62. The Balaban J connectivity index is 2.70. The molecule has 5 nitrogen and oxygen atoms in total. The molecule has 0 aliphatic rings. The Bertz CT molecular complexity index is 336. The predicted octanol–water partition coefficient (Wildman–Crippen LogP) is 0.758. The van der Waals surface area contributed by atoms with E-state index in [1.54, 1.807) is 0 Å². The molecule has 0 spiro atoms. The fourth-order valence-electron chi connectivity index (χ4n) is 0.634. The summed E-state index contributed by atoms with van der Waals surface area (Å²) in [7, 11) is 0. The summed E-state index contributed by atoms with van der Waals surface area (Å²) >= 11 is 5.47. The van der Waals surface area contributed by atoms with Gasteiger partial charge in [0.1, 0.15) is 5.15 Å². The second-order valence-electron chi connectivity index (χ2n) is 2.13. The zero-order chi connectivity index (χ0) is 9.84. The van der Waals surface area contributed by atoms with Crippen molar-refractivity contribution >= 4 is 29.2 Å². The molecule has 6 heteroatoms. The zero-order valence-electron chi connectivity index (χ0n) is 6.32. The third-order valence-corrected chi connectivity index (χ3v) is 1.40. The van der Waals surface area contributed by atoms with Gasteiger partial charge >= 0.3 is 11.9 Å². The number of rotatable bonds is 1. The van der Waals surface area contributed by atoms with Gasteiger partial charge in [0.05, 0.1) is 11.9 Å². The minimum absolute atomic E-state index is 0.272. The number of halogens is 1. The number of nitrogens with zero attached hydrogens (tertiary/aromatic N) is 1. The SMILES string of the molecule is O=C(O)C(=O)Nc1ccc(Cl)nc1. The quantitative estimate of drug-likeness (QED) is 0.518. The molecule has 1 heterocycles. The third kappa shape index (κ3) is 2.72. The van der Waals surface area contributed by atoms with Crippen molar-refractivity contribution in [2.24, 2.45) is 0 Å². The van der Waals surface area contributed by atoms with Gasteiger partial charge in [0.15, 0.2) is 0 Å². The summed E-state index contributed by atoms with van der Waals surface area (Å²) in [6.07, 6.45) is 1.27. The first kappa shape index (κ1) is 9.47. The number of aliphatic carboxylic acids is 1. The molecular weight excluding hydrogens is 196 g/mol. The van der Waals surface area contributed by atoms with Gasteiger partial charge in [-0.25, -0.2) is 9.78 Å². The second kappa shape index (κ2) is 3.86. The predicted molar refractivity (Wildman–Crippen MR) is 45.5 cm³/mol. The lowest BCUT2D eigenvalue weighted by Crippen LogP contribution is -2.21. The highest BCUT2D eigenvalue weighted by Crippen LogP contribution is 2.09. The van der Waals surface area contributed by atoms with Crippen LogP contribution in [0.2, 0.25) is 5.15 Å². The Morgan fingerprint density at radius 1 is 1.46 bits per heavy atom. The lowest BCUT2D eigenvalue weighted by Gasteiger charge is -1.99. The fraction of sp³-hybridized carbons (Fsp3) is 0. The van der Waals surface area contributed by atoms with Crippen LogP contribution < -0.4 is 5.32 Å². The van der Waals surface area contributed by atoms with E-state index < -0.39 is 11.9 Å². The number of nitrogens with one attached hydrogen (secondary N) is 1. The van der Waals surface area contributed by atoms with Gasteiger partial charge in [-0.3, -0.25) is 4.79 Å². The molecule has 1 rings (SSSR count). The zero-order valence-corrected chi connectivity index (χ0v) is 7.08. The first-order chi connectivity index (χ1) is 6.09. The Kier molecular flexibility index (Phi) is 2.81. The van der Waals surface area contributed by atoms with Crippen molar-refractivity contribution in [3.05, 3.63) is 23.5 Å². The van der Waals surface area contributed by atoms with E-state index in [1.165, 1.54) is 18.3 Å². The van der Waals surface area contributed by atoms with E-state index >= 15 is 0 Å². The smallest absolute Gasteiger partial charge is 0.394 e. The number of carbonyl (C=O) groups excluding carboxylic acids is 1. The van der Waals surface area contributed by atoms with E-state index in [-0.39, 0.29) is 10.8 Å². The number of pyridine rings is 1. The molecule has 1 aromatic heterocycles. The Morgan fingerprint density at radius 2 is 2.15 bits per heavy atom. The van der Waals surface area contributed by atoms with Crippen molar-refractivity contribution in [2.45, 2.75) is 0 Å². The van der Waals surface area contributed by atoms with Crippen LogP contribution >= 0.6 is 11.6 Å². The van der Waals surface area contributed by atoms with Crippen molar-refractivity contribution in [1.82, 2.24) is 4.98 Å². The molecule has 2 N–H and O–H groups in total. The summed E-state index contributed by atoms with van der Waals surface area (Å²) in [4.78, 5) is 24.4. The van der Waals surface area contributed by atoms with Crippen LogP contribution in [0.25, 0.3) is 0 Å². The molecule has 68 valence electrons. The minimum Gasteiger partial charge on any atom is -0.474 e. The monoisotopic (exact) mass is 200 g/mol. The first-order valence-electron chi connectivity index (χ1n) is 3.25. The normalized spacial score (nSPS) is 9.31. The molecule has 0 radical (unpaired) electrons. The van der Waals surface area contributed by atoms with Gasteiger partial charge < -0.3 is 10.4 Å². The number of hydrogen-bond acceptors (Lipinski definition) is 3. The van der Waals surface area contributed by atoms with E-state index in [2.05, 4.69) is 10.3 Å². The summed E-state index contributed by atoms with van der Waals surface area (Å²) in [5, 5.41) is 10.6. The maximum Gasteiger partial charge on any atom is 0.394 e. The maximum absolute atomic E-state index is 10.6. The molecule has 0 atom stereocenters. The van der Waals surface area contributed by atoms with Crippen molar-refractivity contribution in [2.75, 3.05) is 5.32 Å². The maximum atomic E-state index is 10.6. The summed E-state index contributed by atoms with van der Waals surface area (Å²) in [5.74, 6) is -2.65. The van der Waals surface area contributed by atoms with Gasteiger partial charge in [0.25, 0.3) is 0 Å². The summed E-state index contributed by atoms with van der Waals surface area (Å²) in [6, 6.07) is 2.90. The van der Waals surface area contributed by atoms with Gasteiger partial charge in [0, 0.05) is 0 Å². The van der Waals surface area contributed by atoms with Crippen LogP contribution in [0.15, 0.2) is 18.3 Å². The van der Waals surface area contributed by atoms with Crippen molar-refractivity contribution < 1.29 is 14.7 Å². The van der Waals surface area contributed by atoms with E-state index in [9.17, 15) is 9.59 Å². The summed E-state index contributed by atoms with van der Waals surface area (Å²) in [5.41, 5.74) is 0.289. The number of carboxylic acids is 1. The standard InChI is InChI=1S/C7H5ClN2O3/c8-5-2-1-4(3-9-5)10-6(11)7(12)13/h1-3H,(H,10,11)(H,12,13). The van der Waals surface area contributed by atoms with E-state index in [1.807, 2.05) is 0 Å². The number of carboxylic acid groups (broad SMARTS) is 1. The fourth-order valence-corrected chi connectivity index (χ4v) is 0.746. The highest BCUT2D eigenvalue weighted by atomic mass is 35.5. The molecule has 0 fully saturated rings. The number of aromatic nitrogens is 1. The average Bonchev–Trinajstić information content (AvgIpc) is 2.08. The van der Waals surface area contributed by atoms with Crippen LogP contribution in [-0.2, 0) is 9.59 Å². The van der Waals surface area contributed by atoms with Gasteiger partial charge in [0.2, 0.25) is 0 Å². The molecule has 13 heavy (non-hydrogen) atoms. The minimum atomic E-state index is -1.55. The van der Waals surface area contributed by atoms with Gasteiger partial charge in [-0.2, -0.15) is 0 Å². The average molecular weight is 201 g/mol. The van der Waals surface area contributed by atoms with E-state index in [4.69, 9.17) is 16.7 Å². The van der Waals surface area contributed by atoms with Gasteiger partial charge in [-0.15, -0.1) is 0 Å². The van der Waals surface area contributed by atoms with Crippen LogP contribution in [0.3, 0.4) is 0 Å². The highest BCUT2D eigenvalue weighted by Gasteiger charge is 2.10. The molecule has 1 aromatic rings. The van der Waals surface area contributed by atoms with Crippen LogP contribution in [-0.4, -0.2) is 22.0 Å². The molecule has 0 aromatic carbocycles. The molecule has 1 amide bonds. The molecule has 0 aliphatic heterocycles. The van der Waals surface area contributed by atoms with E-state index in [0.717, 1.165) is 0 Å². The second-order valence-corrected chi connectivity index (χ2v) is 2.52. The van der Waals surface area contributed by atoms with Crippen LogP contribution in [0.5, 0.6) is 0 Å². The summed E-state index contributed by atoms with van der Waals surface area (Å²) < 4.78 is 0. The number of hydrogen-bond donors (Lipinski definition) is 2. The number of amides is 1. The van der Waals surface area contributed by atoms with Crippen molar-refractivity contribution in [3.8, 4) is 0 Å². The van der Waals surface area contributed by atoms with E-state index in [0.29, 0.717) is 0 Å². The highest BCUT2D eigenvalue weighted by molar-refractivity contribution is 6.36. The first-order valence-corrected chi connectivity index (χ1v) is 3.63. The molecule has 0 bridgehead atoms. The van der Waals surface area contributed by atoms with Crippen LogP contribution in [0.4, 0.5) is 5.69 Å². The van der Waals surface area contributed by atoms with Crippen molar-refractivity contribution in [1.29, 1.82) is 0 Å². The third-order valence-electron chi connectivity index (χ3n) is 1.18. The Morgan fingerprint density at radius 3 is 2.62 bits per heavy atom. The lowest BCUT2D eigenvalue weighted by atomic mass is 10.4. The molecule has 0 saturated carbocycles.